The molecule has 82 valence electrons. The zero-order valence-electron chi connectivity index (χ0n) is 9.04. The van der Waals surface area contributed by atoms with Gasteiger partial charge in [0.05, 0.1) is 11.9 Å². The second-order valence-electron chi connectivity index (χ2n) is 4.30. The third kappa shape index (κ3) is 2.67. The molecule has 3 heteroatoms. The topological polar surface area (TPSA) is 24.9 Å². The number of aromatic nitrogens is 1. The summed E-state index contributed by atoms with van der Waals surface area (Å²) < 4.78 is 12.6. The number of hydrogen-bond donors (Lipinski definition) is 1. The van der Waals surface area contributed by atoms with Crippen molar-refractivity contribution in [3.63, 3.8) is 0 Å². The van der Waals surface area contributed by atoms with Crippen LogP contribution in [-0.4, -0.2) is 11.0 Å². The van der Waals surface area contributed by atoms with Gasteiger partial charge in [-0.3, -0.25) is 0 Å². The van der Waals surface area contributed by atoms with Crippen molar-refractivity contribution in [3.8, 4) is 0 Å². The van der Waals surface area contributed by atoms with Gasteiger partial charge >= 0.3 is 0 Å². The van der Waals surface area contributed by atoms with Gasteiger partial charge in [-0.05, 0) is 37.3 Å². The lowest BCUT2D eigenvalue weighted by atomic mass is 10.1. The quantitative estimate of drug-likeness (QED) is 0.771. The van der Waals surface area contributed by atoms with E-state index >= 15 is 0 Å². The van der Waals surface area contributed by atoms with Crippen molar-refractivity contribution in [3.05, 3.63) is 24.3 Å². The minimum Gasteiger partial charge on any atom is -0.381 e. The Kier molecular flexibility index (Phi) is 3.19. The highest BCUT2D eigenvalue weighted by atomic mass is 19.1. The van der Waals surface area contributed by atoms with Crippen LogP contribution in [-0.2, 0) is 0 Å². The smallest absolute Gasteiger partial charge is 0.212 e. The monoisotopic (exact) mass is 208 g/mol. The summed E-state index contributed by atoms with van der Waals surface area (Å²) in [7, 11) is 0. The maximum atomic E-state index is 12.6. The van der Waals surface area contributed by atoms with E-state index in [2.05, 4.69) is 17.2 Å². The van der Waals surface area contributed by atoms with Crippen molar-refractivity contribution in [1.29, 1.82) is 0 Å². The Hall–Kier alpha value is -1.12. The minimum absolute atomic E-state index is 0.418. The van der Waals surface area contributed by atoms with Crippen LogP contribution in [0.3, 0.4) is 0 Å². The van der Waals surface area contributed by atoms with Crippen LogP contribution in [0.4, 0.5) is 10.1 Å². The molecule has 2 rings (SSSR count). The van der Waals surface area contributed by atoms with Crippen LogP contribution >= 0.6 is 0 Å². The third-order valence-corrected chi connectivity index (χ3v) is 3.22. The molecule has 2 atom stereocenters. The standard InChI is InChI=1S/C12H17FN2/c1-2-9-3-4-10(7-9)15-11-5-6-12(13)14-8-11/h5-6,8-10,15H,2-4,7H2,1H3. The Balaban J connectivity index is 1.90. The molecule has 1 fully saturated rings. The highest BCUT2D eigenvalue weighted by Crippen LogP contribution is 2.29. The minimum atomic E-state index is -0.418. The fraction of sp³-hybridized carbons (Fsp3) is 0.583. The highest BCUT2D eigenvalue weighted by molar-refractivity contribution is 5.41. The predicted molar refractivity (Wildman–Crippen MR) is 59.2 cm³/mol. The molecule has 0 radical (unpaired) electrons. The fourth-order valence-electron chi connectivity index (χ4n) is 2.27. The van der Waals surface area contributed by atoms with E-state index in [-0.39, 0.29) is 0 Å². The summed E-state index contributed by atoms with van der Waals surface area (Å²) in [6, 6.07) is 3.69. The maximum Gasteiger partial charge on any atom is 0.212 e. The first-order chi connectivity index (χ1) is 7.28. The van der Waals surface area contributed by atoms with Gasteiger partial charge in [-0.1, -0.05) is 13.3 Å². The molecular formula is C12H17FN2. The number of rotatable bonds is 3. The van der Waals surface area contributed by atoms with E-state index in [1.807, 2.05) is 0 Å². The van der Waals surface area contributed by atoms with Crippen molar-refractivity contribution < 1.29 is 4.39 Å². The van der Waals surface area contributed by atoms with E-state index in [0.29, 0.717) is 6.04 Å². The molecule has 0 amide bonds. The first-order valence-electron chi connectivity index (χ1n) is 5.66. The van der Waals surface area contributed by atoms with Crippen LogP contribution in [0.1, 0.15) is 32.6 Å². The molecule has 2 unspecified atom stereocenters. The van der Waals surface area contributed by atoms with Gasteiger partial charge in [-0.15, -0.1) is 0 Å². The summed E-state index contributed by atoms with van der Waals surface area (Å²) in [6.45, 7) is 2.24. The van der Waals surface area contributed by atoms with E-state index in [9.17, 15) is 4.39 Å². The van der Waals surface area contributed by atoms with E-state index in [1.165, 1.54) is 31.7 Å². The zero-order chi connectivity index (χ0) is 10.7. The average Bonchev–Trinajstić information content (AvgIpc) is 2.69. The van der Waals surface area contributed by atoms with Crippen molar-refractivity contribution in [2.75, 3.05) is 5.32 Å². The molecule has 15 heavy (non-hydrogen) atoms. The van der Waals surface area contributed by atoms with Gasteiger partial charge in [0.15, 0.2) is 0 Å². The Morgan fingerprint density at radius 2 is 2.33 bits per heavy atom. The third-order valence-electron chi connectivity index (χ3n) is 3.22. The summed E-state index contributed by atoms with van der Waals surface area (Å²) in [5.74, 6) is 0.439. The molecule has 1 heterocycles. The first kappa shape index (κ1) is 10.4. The van der Waals surface area contributed by atoms with E-state index in [1.54, 1.807) is 12.3 Å². The number of pyridine rings is 1. The SMILES string of the molecule is CCC1CCC(Nc2ccc(F)nc2)C1. The normalized spacial score (nSPS) is 25.5. The molecule has 1 aliphatic rings. The largest absolute Gasteiger partial charge is 0.381 e. The maximum absolute atomic E-state index is 12.6. The lowest BCUT2D eigenvalue weighted by Crippen LogP contribution is -2.15. The molecule has 1 aromatic heterocycles. The summed E-state index contributed by atoms with van der Waals surface area (Å²) >= 11 is 0. The van der Waals surface area contributed by atoms with Crippen molar-refractivity contribution >= 4 is 5.69 Å². The van der Waals surface area contributed by atoms with Crippen LogP contribution in [0.2, 0.25) is 0 Å². The molecular weight excluding hydrogens is 191 g/mol. The average molecular weight is 208 g/mol. The fourth-order valence-corrected chi connectivity index (χ4v) is 2.27. The summed E-state index contributed by atoms with van der Waals surface area (Å²) in [6.07, 6.45) is 6.58. The summed E-state index contributed by atoms with van der Waals surface area (Å²) in [4.78, 5) is 3.63. The van der Waals surface area contributed by atoms with Crippen LogP contribution in [0, 0.1) is 11.9 Å². The zero-order valence-corrected chi connectivity index (χ0v) is 9.04. The van der Waals surface area contributed by atoms with E-state index < -0.39 is 5.95 Å². The van der Waals surface area contributed by atoms with Gasteiger partial charge in [0.25, 0.3) is 0 Å². The number of nitrogens with zero attached hydrogens (tertiary/aromatic N) is 1. The molecule has 1 saturated carbocycles. The Morgan fingerprint density at radius 3 is 2.93 bits per heavy atom. The summed E-state index contributed by atoms with van der Waals surface area (Å²) in [5, 5.41) is 3.40. The predicted octanol–water partition coefficient (Wildman–Crippen LogP) is 3.21. The Morgan fingerprint density at radius 1 is 1.47 bits per heavy atom. The number of halogens is 1. The van der Waals surface area contributed by atoms with Gasteiger partial charge < -0.3 is 5.32 Å². The van der Waals surface area contributed by atoms with E-state index in [0.717, 1.165) is 11.6 Å². The van der Waals surface area contributed by atoms with Crippen molar-refractivity contribution in [2.45, 2.75) is 38.6 Å². The highest BCUT2D eigenvalue weighted by Gasteiger charge is 2.22. The van der Waals surface area contributed by atoms with Crippen LogP contribution in [0.5, 0.6) is 0 Å². The molecule has 0 saturated heterocycles. The Bertz CT molecular complexity index is 310. The second kappa shape index (κ2) is 4.60. The van der Waals surface area contributed by atoms with Crippen LogP contribution < -0.4 is 5.32 Å². The number of nitrogens with one attached hydrogen (secondary N) is 1. The molecule has 2 nitrogen and oxygen atoms in total. The lowest BCUT2D eigenvalue weighted by molar-refractivity contribution is 0.525. The van der Waals surface area contributed by atoms with Gasteiger partial charge in [0.2, 0.25) is 5.95 Å². The van der Waals surface area contributed by atoms with Gasteiger partial charge in [0, 0.05) is 6.04 Å². The van der Waals surface area contributed by atoms with Crippen LogP contribution in [0.15, 0.2) is 18.3 Å². The molecule has 1 aromatic rings. The second-order valence-corrected chi connectivity index (χ2v) is 4.30. The summed E-state index contributed by atoms with van der Waals surface area (Å²) in [5.41, 5.74) is 0.929. The number of hydrogen-bond acceptors (Lipinski definition) is 2. The van der Waals surface area contributed by atoms with Crippen molar-refractivity contribution in [1.82, 2.24) is 4.98 Å². The first-order valence-corrected chi connectivity index (χ1v) is 5.66. The van der Waals surface area contributed by atoms with Gasteiger partial charge in [0.1, 0.15) is 0 Å². The van der Waals surface area contributed by atoms with Crippen LogP contribution in [0.25, 0.3) is 0 Å². The molecule has 0 spiro atoms. The lowest BCUT2D eigenvalue weighted by Gasteiger charge is -2.13. The molecule has 0 aromatic carbocycles. The van der Waals surface area contributed by atoms with Crippen molar-refractivity contribution in [2.24, 2.45) is 5.92 Å². The van der Waals surface area contributed by atoms with E-state index in [4.69, 9.17) is 0 Å². The molecule has 1 aliphatic carbocycles. The molecule has 0 bridgehead atoms. The molecule has 0 aliphatic heterocycles. The van der Waals surface area contributed by atoms with Gasteiger partial charge in [-0.2, -0.15) is 4.39 Å². The molecule has 1 N–H and O–H groups in total. The Labute approximate surface area is 89.9 Å². The van der Waals surface area contributed by atoms with Gasteiger partial charge in [-0.25, -0.2) is 4.98 Å². The number of anilines is 1.